The van der Waals surface area contributed by atoms with Gasteiger partial charge in [-0.25, -0.2) is 4.98 Å². The van der Waals surface area contributed by atoms with E-state index in [4.69, 9.17) is 11.6 Å². The zero-order chi connectivity index (χ0) is 24.4. The van der Waals surface area contributed by atoms with E-state index >= 15 is 0 Å². The zero-order valence-electron chi connectivity index (χ0n) is 20.8. The lowest BCUT2D eigenvalue weighted by atomic mass is 9.79. The van der Waals surface area contributed by atoms with E-state index in [2.05, 4.69) is 22.2 Å². The number of aromatic nitrogens is 2. The van der Waals surface area contributed by atoms with Crippen molar-refractivity contribution in [3.8, 4) is 0 Å². The summed E-state index contributed by atoms with van der Waals surface area (Å²) in [6.45, 7) is 4.22. The minimum Gasteiger partial charge on any atom is -0.341 e. The molecule has 1 N–H and O–H groups in total. The summed E-state index contributed by atoms with van der Waals surface area (Å²) in [6, 6.07) is 6.80. The van der Waals surface area contributed by atoms with Crippen LogP contribution in [0.3, 0.4) is 0 Å². The first-order valence-electron chi connectivity index (χ1n) is 12.4. The van der Waals surface area contributed by atoms with E-state index < -0.39 is 6.04 Å². The Kier molecular flexibility index (Phi) is 10.7. The summed E-state index contributed by atoms with van der Waals surface area (Å²) < 4.78 is 2.80. The van der Waals surface area contributed by atoms with Crippen LogP contribution in [0.15, 0.2) is 43.0 Å². The normalized spacial score (nSPS) is 18.2. The molecule has 2 amide bonds. The molecule has 11 heteroatoms. The Morgan fingerprint density at radius 2 is 1.76 bits per heavy atom. The topological polar surface area (TPSA) is 70.5 Å². The van der Waals surface area contributed by atoms with E-state index in [0.29, 0.717) is 22.4 Å². The molecule has 1 aromatic carbocycles. The van der Waals surface area contributed by atoms with E-state index in [1.165, 1.54) is 37.3 Å². The lowest BCUT2D eigenvalue weighted by Gasteiger charge is -2.40. The van der Waals surface area contributed by atoms with Crippen molar-refractivity contribution in [1.29, 1.82) is 0 Å². The quantitative estimate of drug-likeness (QED) is 0.443. The van der Waals surface area contributed by atoms with Crippen LogP contribution in [0.2, 0.25) is 5.02 Å². The Hall–Kier alpha value is -1.84. The summed E-state index contributed by atoms with van der Waals surface area (Å²) in [5, 5.41) is 4.63. The third kappa shape index (κ3) is 7.18. The van der Waals surface area contributed by atoms with E-state index in [-0.39, 0.29) is 36.6 Å². The number of amides is 2. The van der Waals surface area contributed by atoms with Gasteiger partial charge in [0.15, 0.2) is 0 Å². The monoisotopic (exact) mass is 585 g/mol. The van der Waals surface area contributed by atoms with Gasteiger partial charge in [-0.1, -0.05) is 17.7 Å². The molecule has 37 heavy (non-hydrogen) atoms. The molecule has 5 rings (SSSR count). The van der Waals surface area contributed by atoms with Crippen molar-refractivity contribution in [3.63, 3.8) is 0 Å². The van der Waals surface area contributed by atoms with Gasteiger partial charge in [0.2, 0.25) is 5.91 Å². The van der Waals surface area contributed by atoms with Crippen molar-refractivity contribution in [2.45, 2.75) is 38.3 Å². The number of imidazole rings is 1. The number of piperidine rings is 2. The molecule has 0 radical (unpaired) electrons. The number of hydrogen-bond donors (Lipinski definition) is 1. The largest absolute Gasteiger partial charge is 0.341 e. The lowest BCUT2D eigenvalue weighted by molar-refractivity contribution is -0.135. The number of carbonyl (C=O) groups is 2. The average molecular weight is 587 g/mol. The van der Waals surface area contributed by atoms with E-state index in [1.54, 1.807) is 12.5 Å². The maximum Gasteiger partial charge on any atom is 0.262 e. The van der Waals surface area contributed by atoms with E-state index in [0.717, 1.165) is 41.9 Å². The summed E-state index contributed by atoms with van der Waals surface area (Å²) in [5.74, 6) is 1.21. The predicted octanol–water partition coefficient (Wildman–Crippen LogP) is 4.97. The van der Waals surface area contributed by atoms with Crippen LogP contribution in [0.25, 0.3) is 10.1 Å². The van der Waals surface area contributed by atoms with Gasteiger partial charge in [0, 0.05) is 35.2 Å². The number of carbonyl (C=O) groups excluding carboxylic acids is 2. The smallest absolute Gasteiger partial charge is 0.262 e. The van der Waals surface area contributed by atoms with Gasteiger partial charge in [0.25, 0.3) is 5.91 Å². The zero-order valence-corrected chi connectivity index (χ0v) is 24.1. The summed E-state index contributed by atoms with van der Waals surface area (Å²) in [6.07, 6.45) is 9.79. The summed E-state index contributed by atoms with van der Waals surface area (Å²) in [5.41, 5.74) is 0. The fourth-order valence-corrected chi connectivity index (χ4v) is 6.69. The van der Waals surface area contributed by atoms with Crippen LogP contribution in [0, 0.1) is 11.8 Å². The van der Waals surface area contributed by atoms with Crippen LogP contribution in [0.1, 0.15) is 35.4 Å². The van der Waals surface area contributed by atoms with Crippen molar-refractivity contribution in [2.75, 3.05) is 33.2 Å². The fourth-order valence-electron chi connectivity index (χ4n) is 5.45. The third-order valence-corrected chi connectivity index (χ3v) is 8.87. The first-order valence-corrected chi connectivity index (χ1v) is 13.6. The SMILES string of the molecule is CN1CCC(C2CCN(C(=O)[C@@H](Cn3ccnc3)NC(=O)c3cc4ccc(Cl)cc4s3)CC2)CC1.Cl.Cl. The molecular weight excluding hydrogens is 553 g/mol. The van der Waals surface area contributed by atoms with Gasteiger partial charge in [-0.3, -0.25) is 9.59 Å². The molecule has 2 fully saturated rings. The minimum atomic E-state index is -0.648. The number of likely N-dealkylation sites (tertiary alicyclic amines) is 2. The Labute approximate surface area is 239 Å². The van der Waals surface area contributed by atoms with Gasteiger partial charge >= 0.3 is 0 Å². The Bertz CT molecular complexity index is 1170. The second-order valence-corrected chi connectivity index (χ2v) is 11.4. The highest BCUT2D eigenvalue weighted by molar-refractivity contribution is 7.20. The van der Waals surface area contributed by atoms with E-state index in [9.17, 15) is 9.59 Å². The van der Waals surface area contributed by atoms with Gasteiger partial charge in [0.05, 0.1) is 17.7 Å². The second kappa shape index (κ2) is 13.3. The number of halogens is 3. The summed E-state index contributed by atoms with van der Waals surface area (Å²) in [7, 11) is 2.19. The third-order valence-electron chi connectivity index (χ3n) is 7.54. The molecule has 2 saturated heterocycles. The maximum absolute atomic E-state index is 13.6. The first-order chi connectivity index (χ1) is 17.0. The second-order valence-electron chi connectivity index (χ2n) is 9.88. The molecule has 2 aliphatic heterocycles. The molecule has 2 aromatic heterocycles. The molecule has 7 nitrogen and oxygen atoms in total. The fraction of sp³-hybridized carbons (Fsp3) is 0.500. The lowest BCUT2D eigenvalue weighted by Crippen LogP contribution is -2.52. The molecule has 3 aromatic rings. The molecule has 0 bridgehead atoms. The molecule has 2 aliphatic rings. The van der Waals surface area contributed by atoms with Gasteiger partial charge in [-0.2, -0.15) is 0 Å². The average Bonchev–Trinajstić information content (AvgIpc) is 3.53. The van der Waals surface area contributed by atoms with Crippen molar-refractivity contribution in [2.24, 2.45) is 11.8 Å². The number of hydrogen-bond acceptors (Lipinski definition) is 5. The van der Waals surface area contributed by atoms with Crippen molar-refractivity contribution >= 4 is 69.7 Å². The molecule has 0 unspecified atom stereocenters. The van der Waals surface area contributed by atoms with Gasteiger partial charge < -0.3 is 19.7 Å². The summed E-state index contributed by atoms with van der Waals surface area (Å²) >= 11 is 7.50. The van der Waals surface area contributed by atoms with Crippen LogP contribution in [0.5, 0.6) is 0 Å². The highest BCUT2D eigenvalue weighted by Gasteiger charge is 2.33. The summed E-state index contributed by atoms with van der Waals surface area (Å²) in [4.78, 5) is 35.8. The highest BCUT2D eigenvalue weighted by Crippen LogP contribution is 2.32. The Morgan fingerprint density at radius 1 is 1.08 bits per heavy atom. The molecule has 0 aliphatic carbocycles. The van der Waals surface area contributed by atoms with Crippen LogP contribution < -0.4 is 5.32 Å². The number of fused-ring (bicyclic) bond motifs is 1. The standard InChI is InChI=1S/C26H32ClN5O2S.2ClH/c1-30-9-4-18(5-10-30)19-6-11-32(12-7-19)26(34)22(16-31-13-8-28-17-31)29-25(33)24-14-20-2-3-21(27)15-23(20)35-24;;/h2-3,8,13-15,17-19,22H,4-7,9-12,16H2,1H3,(H,29,33);2*1H/t22-;;/m1../s1. The van der Waals surface area contributed by atoms with Crippen molar-refractivity contribution in [1.82, 2.24) is 24.7 Å². The Balaban J connectivity index is 0.00000190. The molecule has 0 spiro atoms. The molecule has 4 heterocycles. The first kappa shape index (κ1) is 29.7. The van der Waals surface area contributed by atoms with Crippen LogP contribution in [-0.2, 0) is 11.3 Å². The van der Waals surface area contributed by atoms with Gasteiger partial charge in [-0.05, 0) is 81.2 Å². The number of benzene rings is 1. The van der Waals surface area contributed by atoms with Crippen LogP contribution >= 0.6 is 47.8 Å². The Morgan fingerprint density at radius 3 is 2.41 bits per heavy atom. The van der Waals surface area contributed by atoms with E-state index in [1.807, 2.05) is 39.9 Å². The van der Waals surface area contributed by atoms with Crippen LogP contribution in [0.4, 0.5) is 0 Å². The van der Waals surface area contributed by atoms with Crippen molar-refractivity contribution in [3.05, 3.63) is 52.9 Å². The number of rotatable bonds is 6. The predicted molar refractivity (Wildman–Crippen MR) is 154 cm³/mol. The molecule has 1 atom stereocenters. The highest BCUT2D eigenvalue weighted by atomic mass is 35.5. The number of nitrogens with zero attached hydrogens (tertiary/aromatic N) is 4. The van der Waals surface area contributed by atoms with Crippen LogP contribution in [-0.4, -0.2) is 70.4 Å². The molecular formula is C26H34Cl3N5O2S. The molecule has 0 saturated carbocycles. The molecule has 202 valence electrons. The maximum atomic E-state index is 13.6. The van der Waals surface area contributed by atoms with Gasteiger partial charge in [-0.15, -0.1) is 36.2 Å². The minimum absolute atomic E-state index is 0. The van der Waals surface area contributed by atoms with Crippen molar-refractivity contribution < 1.29 is 9.59 Å². The van der Waals surface area contributed by atoms with Gasteiger partial charge in [0.1, 0.15) is 6.04 Å². The number of thiophene rings is 1. The number of nitrogens with one attached hydrogen (secondary N) is 1.